The van der Waals surface area contributed by atoms with Crippen molar-refractivity contribution < 1.29 is 18.7 Å². The molecule has 180 valence electrons. The van der Waals surface area contributed by atoms with Crippen molar-refractivity contribution in [3.63, 3.8) is 0 Å². The van der Waals surface area contributed by atoms with E-state index in [2.05, 4.69) is 21.9 Å². The number of fused-ring (bicyclic) bond motifs is 1. The Kier molecular flexibility index (Phi) is 6.38. The summed E-state index contributed by atoms with van der Waals surface area (Å²) in [6.07, 6.45) is 4.71. The average molecular weight is 468 g/mol. The summed E-state index contributed by atoms with van der Waals surface area (Å²) in [5.41, 5.74) is 6.59. The molecule has 0 spiro atoms. The Labute approximate surface area is 198 Å². The molecular weight excluding hydrogens is 437 g/mol. The van der Waals surface area contributed by atoms with Gasteiger partial charge in [0.1, 0.15) is 11.5 Å². The van der Waals surface area contributed by atoms with Crippen molar-refractivity contribution in [1.82, 2.24) is 19.6 Å². The maximum absolute atomic E-state index is 14.8. The highest BCUT2D eigenvalue weighted by Gasteiger charge is 2.27. The lowest BCUT2D eigenvalue weighted by Gasteiger charge is -2.32. The molecule has 2 aliphatic rings. The molecule has 0 bridgehead atoms. The maximum Gasteiger partial charge on any atom is 0.252 e. The molecule has 1 aliphatic heterocycles. The van der Waals surface area contributed by atoms with E-state index in [0.717, 1.165) is 62.9 Å². The lowest BCUT2D eigenvalue weighted by atomic mass is 10.1. The van der Waals surface area contributed by atoms with Crippen molar-refractivity contribution >= 4 is 16.8 Å². The quantitative estimate of drug-likeness (QED) is 0.486. The zero-order chi connectivity index (χ0) is 23.7. The van der Waals surface area contributed by atoms with E-state index in [0.29, 0.717) is 18.4 Å². The Morgan fingerprint density at radius 3 is 2.65 bits per heavy atom. The van der Waals surface area contributed by atoms with Gasteiger partial charge in [-0.1, -0.05) is 0 Å². The fraction of sp³-hybridized carbons (Fsp3) is 0.440. The number of halogens is 1. The molecule has 1 saturated carbocycles. The minimum absolute atomic E-state index is 0.00382. The van der Waals surface area contributed by atoms with Crippen molar-refractivity contribution in [2.75, 3.05) is 46.4 Å². The lowest BCUT2D eigenvalue weighted by Crippen LogP contribution is -2.44. The summed E-state index contributed by atoms with van der Waals surface area (Å²) >= 11 is 0. The second-order valence-electron chi connectivity index (χ2n) is 9.13. The Morgan fingerprint density at radius 1 is 1.15 bits per heavy atom. The molecule has 5 rings (SSSR count). The minimum atomic E-state index is -0.642. The minimum Gasteiger partial charge on any atom is -0.493 e. The Bertz CT molecular complexity index is 1180. The number of primary amides is 1. The van der Waals surface area contributed by atoms with Gasteiger partial charge in [-0.3, -0.25) is 9.48 Å². The summed E-state index contributed by atoms with van der Waals surface area (Å²) < 4.78 is 28.3. The summed E-state index contributed by atoms with van der Waals surface area (Å²) in [7, 11) is 2.14. The number of likely N-dealkylation sites (N-methyl/N-ethyl adjacent to an activating group) is 1. The monoisotopic (exact) mass is 467 g/mol. The SMILES string of the molecule is CN1CCN(CCCOc2ccc(Oc3cc4c(cnn4C4CC4)cc3C(N)=O)c(F)c2)CC1. The number of carbonyl (C=O) groups is 1. The molecule has 1 aromatic heterocycles. The van der Waals surface area contributed by atoms with Crippen molar-refractivity contribution in [1.29, 1.82) is 0 Å². The number of rotatable bonds is 9. The fourth-order valence-electron chi connectivity index (χ4n) is 4.28. The standard InChI is InChI=1S/C25H30FN5O3/c1-29-8-10-30(11-9-29)7-2-12-33-19-5-6-23(21(26)14-19)34-24-15-22-17(13-20(24)25(27)32)16-28-31(22)18-3-4-18/h5-6,13-16,18H,2-4,7-12H2,1H3,(H2,27,32). The van der Waals surface area contributed by atoms with Gasteiger partial charge in [0.05, 0.1) is 29.9 Å². The predicted octanol–water partition coefficient (Wildman–Crippen LogP) is 3.42. The topological polar surface area (TPSA) is 85.8 Å². The first kappa shape index (κ1) is 22.6. The highest BCUT2D eigenvalue weighted by Crippen LogP contribution is 2.39. The molecule has 1 amide bonds. The highest BCUT2D eigenvalue weighted by molar-refractivity contribution is 6.00. The molecule has 0 unspecified atom stereocenters. The fourth-order valence-corrected chi connectivity index (χ4v) is 4.28. The molecule has 1 saturated heterocycles. The molecule has 2 aromatic carbocycles. The second-order valence-corrected chi connectivity index (χ2v) is 9.13. The third kappa shape index (κ3) is 5.00. The van der Waals surface area contributed by atoms with Gasteiger partial charge >= 0.3 is 0 Å². The summed E-state index contributed by atoms with van der Waals surface area (Å²) in [6.45, 7) is 5.78. The van der Waals surface area contributed by atoms with E-state index in [4.69, 9.17) is 15.2 Å². The van der Waals surface area contributed by atoms with Gasteiger partial charge in [0.25, 0.3) is 5.91 Å². The van der Waals surface area contributed by atoms with Crippen LogP contribution in [0.15, 0.2) is 36.5 Å². The number of hydrogen-bond donors (Lipinski definition) is 1. The number of amides is 1. The van der Waals surface area contributed by atoms with Crippen molar-refractivity contribution in [3.8, 4) is 17.2 Å². The number of nitrogens with two attached hydrogens (primary N) is 1. The molecule has 0 radical (unpaired) electrons. The van der Waals surface area contributed by atoms with E-state index in [1.54, 1.807) is 24.4 Å². The Balaban J connectivity index is 1.24. The molecule has 3 aromatic rings. The van der Waals surface area contributed by atoms with Crippen LogP contribution in [-0.2, 0) is 0 Å². The molecule has 1 aliphatic carbocycles. The maximum atomic E-state index is 14.8. The zero-order valence-corrected chi connectivity index (χ0v) is 19.4. The molecule has 2 N–H and O–H groups in total. The van der Waals surface area contributed by atoms with Crippen LogP contribution in [0.5, 0.6) is 17.2 Å². The number of piperazine rings is 1. The van der Waals surface area contributed by atoms with Crippen LogP contribution in [0.1, 0.15) is 35.7 Å². The van der Waals surface area contributed by atoms with Crippen molar-refractivity contribution in [2.45, 2.75) is 25.3 Å². The van der Waals surface area contributed by atoms with E-state index in [1.165, 1.54) is 12.1 Å². The average Bonchev–Trinajstić information content (AvgIpc) is 3.58. The van der Waals surface area contributed by atoms with Gasteiger partial charge in [-0.25, -0.2) is 4.39 Å². The molecule has 34 heavy (non-hydrogen) atoms. The van der Waals surface area contributed by atoms with E-state index < -0.39 is 11.7 Å². The van der Waals surface area contributed by atoms with Gasteiger partial charge in [-0.15, -0.1) is 0 Å². The normalized spacial score (nSPS) is 17.2. The van der Waals surface area contributed by atoms with E-state index in [1.807, 2.05) is 4.68 Å². The molecule has 2 heterocycles. The molecule has 2 fully saturated rings. The third-order valence-electron chi connectivity index (χ3n) is 6.46. The lowest BCUT2D eigenvalue weighted by molar-refractivity contribution is 0.0998. The first-order valence-corrected chi connectivity index (χ1v) is 11.8. The van der Waals surface area contributed by atoms with Gasteiger partial charge in [-0.05, 0) is 44.5 Å². The van der Waals surface area contributed by atoms with Gasteiger partial charge < -0.3 is 25.0 Å². The largest absolute Gasteiger partial charge is 0.493 e. The summed E-state index contributed by atoms with van der Waals surface area (Å²) in [5.74, 6) is -0.550. The van der Waals surface area contributed by atoms with Crippen LogP contribution in [-0.4, -0.2) is 71.9 Å². The molecule has 8 nitrogen and oxygen atoms in total. The molecule has 0 atom stereocenters. The highest BCUT2D eigenvalue weighted by atomic mass is 19.1. The second kappa shape index (κ2) is 9.60. The van der Waals surface area contributed by atoms with Crippen LogP contribution in [0.2, 0.25) is 0 Å². The zero-order valence-electron chi connectivity index (χ0n) is 19.4. The molecule has 9 heteroatoms. The summed E-state index contributed by atoms with van der Waals surface area (Å²) in [4.78, 5) is 16.8. The van der Waals surface area contributed by atoms with E-state index in [-0.39, 0.29) is 17.1 Å². The number of ether oxygens (including phenoxy) is 2. The smallest absolute Gasteiger partial charge is 0.252 e. The first-order valence-electron chi connectivity index (χ1n) is 11.8. The van der Waals surface area contributed by atoms with Gasteiger partial charge in [0.2, 0.25) is 0 Å². The van der Waals surface area contributed by atoms with Gasteiger partial charge in [0, 0.05) is 50.2 Å². The van der Waals surface area contributed by atoms with Crippen LogP contribution in [0.4, 0.5) is 4.39 Å². The number of hydrogen-bond acceptors (Lipinski definition) is 6. The number of nitrogens with zero attached hydrogens (tertiary/aromatic N) is 4. The van der Waals surface area contributed by atoms with Crippen LogP contribution in [0, 0.1) is 5.82 Å². The Morgan fingerprint density at radius 2 is 1.94 bits per heavy atom. The van der Waals surface area contributed by atoms with Gasteiger partial charge in [-0.2, -0.15) is 5.10 Å². The van der Waals surface area contributed by atoms with E-state index in [9.17, 15) is 9.18 Å². The summed E-state index contributed by atoms with van der Waals surface area (Å²) in [5, 5.41) is 5.22. The Hall–Kier alpha value is -3.17. The number of aromatic nitrogens is 2. The third-order valence-corrected chi connectivity index (χ3v) is 6.46. The summed E-state index contributed by atoms with van der Waals surface area (Å²) in [6, 6.07) is 8.21. The molecular formula is C25H30FN5O3. The van der Waals surface area contributed by atoms with Crippen molar-refractivity contribution in [2.24, 2.45) is 5.73 Å². The number of carbonyl (C=O) groups excluding carboxylic acids is 1. The van der Waals surface area contributed by atoms with Crippen LogP contribution >= 0.6 is 0 Å². The van der Waals surface area contributed by atoms with Crippen LogP contribution in [0.25, 0.3) is 10.9 Å². The van der Waals surface area contributed by atoms with E-state index >= 15 is 0 Å². The van der Waals surface area contributed by atoms with Crippen molar-refractivity contribution in [3.05, 3.63) is 47.9 Å². The first-order chi connectivity index (χ1) is 16.5. The van der Waals surface area contributed by atoms with Crippen LogP contribution in [0.3, 0.4) is 0 Å². The predicted molar refractivity (Wildman–Crippen MR) is 127 cm³/mol. The van der Waals surface area contributed by atoms with Crippen LogP contribution < -0.4 is 15.2 Å². The van der Waals surface area contributed by atoms with Gasteiger partial charge in [0.15, 0.2) is 11.6 Å². The number of benzene rings is 2.